The van der Waals surface area contributed by atoms with Crippen LogP contribution in [-0.2, 0) is 17.7 Å². The van der Waals surface area contributed by atoms with E-state index in [1.54, 1.807) is 0 Å². The Morgan fingerprint density at radius 3 is 1.67 bits per heavy atom. The van der Waals surface area contributed by atoms with E-state index < -0.39 is 47.2 Å². The zero-order valence-corrected chi connectivity index (χ0v) is 25.9. The van der Waals surface area contributed by atoms with E-state index in [1.807, 2.05) is 121 Å². The summed E-state index contributed by atoms with van der Waals surface area (Å²) >= 11 is 0. The number of rotatable bonds is 5. The molecule has 0 spiro atoms. The molecule has 45 heavy (non-hydrogen) atoms. The molecule has 0 bridgehead atoms. The Labute approximate surface area is 260 Å². The van der Waals surface area contributed by atoms with Gasteiger partial charge in [0.25, 0.3) is 0 Å². The van der Waals surface area contributed by atoms with Gasteiger partial charge in [-0.2, -0.15) is 13.8 Å². The number of nitrogens with zero attached hydrogens (tertiary/aromatic N) is 2. The minimum atomic E-state index is -4.09. The number of hydrogen-bond donors (Lipinski definition) is 1. The molecule has 0 amide bonds. The molecule has 2 N–H and O–H groups in total. The number of halogens is 2. The summed E-state index contributed by atoms with van der Waals surface area (Å²) < 4.78 is 61.3. The van der Waals surface area contributed by atoms with Crippen molar-refractivity contribution in [3.63, 3.8) is 0 Å². The highest BCUT2D eigenvalue weighted by Crippen LogP contribution is 2.46. The highest BCUT2D eigenvalue weighted by molar-refractivity contribution is 7.04. The Morgan fingerprint density at radius 1 is 0.733 bits per heavy atom. The van der Waals surface area contributed by atoms with Gasteiger partial charge < -0.3 is 23.4 Å². The van der Waals surface area contributed by atoms with Crippen molar-refractivity contribution in [3.8, 4) is 0 Å². The lowest BCUT2D eigenvalue weighted by Gasteiger charge is -2.45. The summed E-state index contributed by atoms with van der Waals surface area (Å²) in [6.45, 7) is -0.280. The molecule has 3 unspecified atom stereocenters. The first-order valence-corrected chi connectivity index (χ1v) is 18.1. The number of benzene rings is 4. The normalized spacial score (nSPS) is 23.4. The lowest BCUT2D eigenvalue weighted by molar-refractivity contribution is -0.138. The van der Waals surface area contributed by atoms with Crippen LogP contribution in [0.15, 0.2) is 138 Å². The van der Waals surface area contributed by atoms with Gasteiger partial charge in [-0.15, -0.1) is 0 Å². The van der Waals surface area contributed by atoms with E-state index in [2.05, 4.69) is 4.98 Å². The third kappa shape index (κ3) is 5.05. The maximum atomic E-state index is 16.7. The molecule has 12 heteroatoms. The van der Waals surface area contributed by atoms with Crippen LogP contribution < -0.4 is 32.2 Å². The van der Waals surface area contributed by atoms with Crippen molar-refractivity contribution in [2.75, 3.05) is 12.3 Å². The van der Waals surface area contributed by atoms with Crippen molar-refractivity contribution in [3.05, 3.63) is 144 Å². The van der Waals surface area contributed by atoms with Crippen molar-refractivity contribution < 1.29 is 26.5 Å². The second-order valence-electron chi connectivity index (χ2n) is 10.9. The lowest BCUT2D eigenvalue weighted by Crippen LogP contribution is -2.78. The third-order valence-electron chi connectivity index (χ3n) is 8.10. The summed E-state index contributed by atoms with van der Waals surface area (Å²) in [4.78, 5) is 16.4. The van der Waals surface area contributed by atoms with E-state index in [0.29, 0.717) is 10.4 Å². The summed E-state index contributed by atoms with van der Waals surface area (Å²) in [6.07, 6.45) is -3.96. The summed E-state index contributed by atoms with van der Waals surface area (Å²) in [5, 5.41) is 2.80. The van der Waals surface area contributed by atoms with Gasteiger partial charge in [-0.1, -0.05) is 121 Å². The van der Waals surface area contributed by atoms with Gasteiger partial charge in [-0.25, -0.2) is 4.79 Å². The van der Waals surface area contributed by atoms with Crippen LogP contribution >= 0.6 is 0 Å². The maximum Gasteiger partial charge on any atom is 0.399 e. The smallest absolute Gasteiger partial charge is 0.399 e. The molecular weight excluding hydrogens is 613 g/mol. The van der Waals surface area contributed by atoms with Crippen LogP contribution in [0.5, 0.6) is 0 Å². The number of ether oxygens (including phenoxy) is 1. The van der Waals surface area contributed by atoms with Crippen LogP contribution in [0, 0.1) is 0 Å². The molecule has 1 aromatic heterocycles. The van der Waals surface area contributed by atoms with E-state index in [0.717, 1.165) is 21.1 Å². The first-order chi connectivity index (χ1) is 21.8. The SMILES string of the molecule is Nc1ccn(C2OC3CO[Si](c4ccccc4)(c4ccccc4)O[Si](c4ccccc4)(c4ccccc4)OC3C2(F)F)c(=O)n1. The molecule has 2 saturated heterocycles. The Bertz CT molecular complexity index is 1760. The predicted molar refractivity (Wildman–Crippen MR) is 169 cm³/mol. The summed E-state index contributed by atoms with van der Waals surface area (Å²) in [5.41, 5.74) is 4.69. The van der Waals surface area contributed by atoms with Crippen LogP contribution in [0.4, 0.5) is 14.6 Å². The second-order valence-corrected chi connectivity index (χ2v) is 17.0. The monoisotopic (exact) mass is 641 g/mol. The summed E-state index contributed by atoms with van der Waals surface area (Å²) in [7, 11) is -7.82. The molecular formula is C33H29F2N3O5Si2. The Morgan fingerprint density at radius 2 is 1.20 bits per heavy atom. The number of aromatic nitrogens is 2. The highest BCUT2D eigenvalue weighted by Gasteiger charge is 2.67. The molecule has 5 aromatic rings. The van der Waals surface area contributed by atoms with Gasteiger partial charge in [0, 0.05) is 6.20 Å². The molecule has 3 atom stereocenters. The molecule has 4 aromatic carbocycles. The first-order valence-electron chi connectivity index (χ1n) is 14.5. The largest absolute Gasteiger partial charge is 0.401 e. The van der Waals surface area contributed by atoms with Gasteiger partial charge >= 0.3 is 28.7 Å². The summed E-state index contributed by atoms with van der Waals surface area (Å²) in [5.74, 6) is -3.78. The van der Waals surface area contributed by atoms with E-state index in [4.69, 9.17) is 23.4 Å². The van der Waals surface area contributed by atoms with Gasteiger partial charge in [-0.05, 0) is 26.8 Å². The molecule has 2 aliphatic rings. The first kappa shape index (κ1) is 29.4. The molecule has 0 aliphatic carbocycles. The summed E-state index contributed by atoms with van der Waals surface area (Å²) in [6, 6.07) is 38.7. The second kappa shape index (κ2) is 11.6. The van der Waals surface area contributed by atoms with Crippen LogP contribution in [0.3, 0.4) is 0 Å². The molecule has 7 rings (SSSR count). The minimum absolute atomic E-state index is 0.0855. The molecule has 228 valence electrons. The fraction of sp³-hybridized carbons (Fsp3) is 0.152. The van der Waals surface area contributed by atoms with Gasteiger partial charge in [0.05, 0.1) is 6.61 Å². The van der Waals surface area contributed by atoms with E-state index in [-0.39, 0.29) is 12.4 Å². The van der Waals surface area contributed by atoms with Crippen LogP contribution in [-0.4, -0.2) is 51.4 Å². The molecule has 0 radical (unpaired) electrons. The third-order valence-corrected chi connectivity index (χ3v) is 15.9. The van der Waals surface area contributed by atoms with Crippen LogP contribution in [0.25, 0.3) is 0 Å². The minimum Gasteiger partial charge on any atom is -0.401 e. The number of anilines is 1. The highest BCUT2D eigenvalue weighted by atomic mass is 28.5. The van der Waals surface area contributed by atoms with Gasteiger partial charge in [0.1, 0.15) is 18.0 Å². The number of nitrogen functional groups attached to an aromatic ring is 1. The fourth-order valence-corrected chi connectivity index (χ4v) is 14.8. The number of alkyl halides is 2. The standard InChI is InChI=1S/C33H29F2N3O5Si2/c34-33(35)30-28(41-31(33)38-22-21-29(36)37-32(38)39)23-40-44(24-13-5-1-6-14-24,25-15-7-2-8-16-25)43-45(42-30,26-17-9-3-10-18-26)27-19-11-4-12-20-27/h1-22,28,30-31H,23H2,(H2,36,37,39). The van der Waals surface area contributed by atoms with Gasteiger partial charge in [0.15, 0.2) is 0 Å². The van der Waals surface area contributed by atoms with Crippen molar-refractivity contribution in [2.24, 2.45) is 0 Å². The molecule has 2 fully saturated rings. The topological polar surface area (TPSA) is 97.8 Å². The average molecular weight is 642 g/mol. The van der Waals surface area contributed by atoms with Crippen LogP contribution in [0.1, 0.15) is 6.23 Å². The molecule has 0 saturated carbocycles. The van der Waals surface area contributed by atoms with E-state index >= 15 is 8.78 Å². The number of fused-ring (bicyclic) bond motifs is 1. The van der Waals surface area contributed by atoms with Crippen molar-refractivity contribution in [1.29, 1.82) is 0 Å². The Balaban J connectivity index is 1.49. The van der Waals surface area contributed by atoms with Gasteiger partial charge in [-0.3, -0.25) is 4.57 Å². The zero-order valence-electron chi connectivity index (χ0n) is 23.9. The Kier molecular flexibility index (Phi) is 7.56. The predicted octanol–water partition coefficient (Wildman–Crippen LogP) is 2.30. The average Bonchev–Trinajstić information content (AvgIpc) is 3.30. The number of nitrogens with two attached hydrogens (primary N) is 1. The van der Waals surface area contributed by atoms with Crippen molar-refractivity contribution in [2.45, 2.75) is 24.4 Å². The fourth-order valence-electron chi connectivity index (χ4n) is 5.99. The van der Waals surface area contributed by atoms with Crippen molar-refractivity contribution >= 4 is 43.7 Å². The quantitative estimate of drug-likeness (QED) is 0.294. The maximum absolute atomic E-state index is 16.7. The lowest BCUT2D eigenvalue weighted by atomic mass is 10.1. The zero-order chi connectivity index (χ0) is 31.1. The van der Waals surface area contributed by atoms with Crippen LogP contribution in [0.2, 0.25) is 0 Å². The molecule has 3 heterocycles. The molecule has 2 aliphatic heterocycles. The number of hydrogen-bond acceptors (Lipinski definition) is 7. The Hall–Kier alpha value is -4.31. The van der Waals surface area contributed by atoms with E-state index in [9.17, 15) is 4.79 Å². The van der Waals surface area contributed by atoms with E-state index in [1.165, 1.54) is 6.07 Å². The van der Waals surface area contributed by atoms with Gasteiger partial charge in [0.2, 0.25) is 6.23 Å². The molecule has 8 nitrogen and oxygen atoms in total. The van der Waals surface area contributed by atoms with Crippen molar-refractivity contribution in [1.82, 2.24) is 9.55 Å².